The fraction of sp³-hybridized carbons (Fsp3) is 0.364. The summed E-state index contributed by atoms with van der Waals surface area (Å²) in [6.45, 7) is 0.321. The van der Waals surface area contributed by atoms with Crippen LogP contribution in [0.3, 0.4) is 0 Å². The van der Waals surface area contributed by atoms with Crippen molar-refractivity contribution in [1.29, 1.82) is 0 Å². The van der Waals surface area contributed by atoms with Crippen LogP contribution < -0.4 is 10.3 Å². The van der Waals surface area contributed by atoms with E-state index in [4.69, 9.17) is 9.72 Å². The van der Waals surface area contributed by atoms with Crippen LogP contribution in [0, 0.1) is 0 Å². The SMILES string of the molecule is CC(Sc1nc2ccccc2c(=O)n1CC1CCCO1)c1ccc(OC(F)F)cc1. The van der Waals surface area contributed by atoms with Crippen LogP contribution in [0.1, 0.15) is 30.6 Å². The average Bonchev–Trinajstić information content (AvgIpc) is 3.24. The summed E-state index contributed by atoms with van der Waals surface area (Å²) in [6.07, 6.45) is 1.92. The fourth-order valence-corrected chi connectivity index (χ4v) is 4.58. The first-order chi connectivity index (χ1) is 14.5. The van der Waals surface area contributed by atoms with E-state index in [2.05, 4.69) is 4.74 Å². The lowest BCUT2D eigenvalue weighted by Crippen LogP contribution is -2.29. The maximum Gasteiger partial charge on any atom is 0.387 e. The number of rotatable bonds is 7. The molecule has 0 amide bonds. The smallest absolute Gasteiger partial charge is 0.387 e. The Morgan fingerprint density at radius 2 is 2.00 bits per heavy atom. The lowest BCUT2D eigenvalue weighted by molar-refractivity contribution is -0.0498. The standard InChI is InChI=1S/C22H22F2N2O3S/c1-14(15-8-10-16(11-9-15)29-21(23)24)30-22-25-19-7-3-2-6-18(19)20(27)26(22)13-17-5-4-12-28-17/h2-3,6-11,14,17,21H,4-5,12-13H2,1H3. The van der Waals surface area contributed by atoms with E-state index in [9.17, 15) is 13.6 Å². The maximum atomic E-state index is 13.2. The van der Waals surface area contributed by atoms with Gasteiger partial charge >= 0.3 is 6.61 Å². The zero-order valence-corrected chi connectivity index (χ0v) is 17.3. The van der Waals surface area contributed by atoms with Gasteiger partial charge in [-0.25, -0.2) is 4.98 Å². The van der Waals surface area contributed by atoms with E-state index in [1.54, 1.807) is 22.8 Å². The Kier molecular flexibility index (Phi) is 6.34. The summed E-state index contributed by atoms with van der Waals surface area (Å²) < 4.78 is 36.6. The van der Waals surface area contributed by atoms with Gasteiger partial charge in [0.15, 0.2) is 5.16 Å². The first kappa shape index (κ1) is 20.8. The second-order valence-corrected chi connectivity index (χ2v) is 8.48. The number of benzene rings is 2. The lowest BCUT2D eigenvalue weighted by Gasteiger charge is -2.19. The molecule has 1 fully saturated rings. The van der Waals surface area contributed by atoms with Gasteiger partial charge in [-0.1, -0.05) is 36.0 Å². The predicted octanol–water partition coefficient (Wildman–Crippen LogP) is 5.03. The van der Waals surface area contributed by atoms with Crippen molar-refractivity contribution in [2.75, 3.05) is 6.61 Å². The van der Waals surface area contributed by atoms with E-state index in [0.29, 0.717) is 29.2 Å². The minimum absolute atomic E-state index is 0.00565. The van der Waals surface area contributed by atoms with Crippen molar-refractivity contribution in [3.8, 4) is 5.75 Å². The van der Waals surface area contributed by atoms with Crippen LogP contribution in [0.5, 0.6) is 5.75 Å². The second kappa shape index (κ2) is 9.14. The van der Waals surface area contributed by atoms with Crippen LogP contribution in [0.4, 0.5) is 8.78 Å². The largest absolute Gasteiger partial charge is 0.435 e. The number of ether oxygens (including phenoxy) is 2. The number of para-hydroxylation sites is 1. The van der Waals surface area contributed by atoms with Crippen molar-refractivity contribution in [1.82, 2.24) is 9.55 Å². The summed E-state index contributed by atoms with van der Waals surface area (Å²) >= 11 is 1.46. The van der Waals surface area contributed by atoms with Crippen molar-refractivity contribution < 1.29 is 18.3 Å². The van der Waals surface area contributed by atoms with Crippen LogP contribution >= 0.6 is 11.8 Å². The molecule has 8 heteroatoms. The molecule has 1 aliphatic heterocycles. The van der Waals surface area contributed by atoms with Gasteiger partial charge < -0.3 is 9.47 Å². The molecule has 3 aromatic rings. The summed E-state index contributed by atoms with van der Waals surface area (Å²) in [5.74, 6) is 0.116. The average molecular weight is 432 g/mol. The Labute approximate surface area is 177 Å². The molecule has 0 bridgehead atoms. The highest BCUT2D eigenvalue weighted by atomic mass is 32.2. The van der Waals surface area contributed by atoms with Crippen molar-refractivity contribution in [3.63, 3.8) is 0 Å². The molecule has 1 aromatic heterocycles. The molecule has 0 saturated carbocycles. The zero-order chi connectivity index (χ0) is 21.1. The number of alkyl halides is 2. The molecule has 0 aliphatic carbocycles. The van der Waals surface area contributed by atoms with E-state index >= 15 is 0 Å². The van der Waals surface area contributed by atoms with Crippen LogP contribution in [0.25, 0.3) is 10.9 Å². The van der Waals surface area contributed by atoms with Gasteiger partial charge in [0, 0.05) is 11.9 Å². The minimum atomic E-state index is -2.85. The molecule has 4 rings (SSSR count). The molecule has 1 aliphatic rings. The third kappa shape index (κ3) is 4.65. The first-order valence-electron chi connectivity index (χ1n) is 9.84. The van der Waals surface area contributed by atoms with Gasteiger partial charge in [0.2, 0.25) is 0 Å². The molecule has 0 radical (unpaired) electrons. The van der Waals surface area contributed by atoms with Crippen LogP contribution in [-0.2, 0) is 11.3 Å². The van der Waals surface area contributed by atoms with Crippen molar-refractivity contribution in [2.24, 2.45) is 0 Å². The normalized spacial score (nSPS) is 17.5. The number of thioether (sulfide) groups is 1. The molecule has 2 unspecified atom stereocenters. The highest BCUT2D eigenvalue weighted by Gasteiger charge is 2.21. The molecule has 2 heterocycles. The molecule has 158 valence electrons. The molecule has 30 heavy (non-hydrogen) atoms. The Hall–Kier alpha value is -2.45. The van der Waals surface area contributed by atoms with Crippen LogP contribution in [0.2, 0.25) is 0 Å². The van der Waals surface area contributed by atoms with Gasteiger partial charge in [0.25, 0.3) is 5.56 Å². The quantitative estimate of drug-likeness (QED) is 0.387. The highest BCUT2D eigenvalue weighted by Crippen LogP contribution is 2.35. The molecule has 0 spiro atoms. The summed E-state index contributed by atoms with van der Waals surface area (Å²) in [5.41, 5.74) is 1.50. The molecule has 2 aromatic carbocycles. The van der Waals surface area contributed by atoms with Gasteiger partial charge in [-0.3, -0.25) is 9.36 Å². The van der Waals surface area contributed by atoms with Crippen LogP contribution in [-0.4, -0.2) is 28.9 Å². The number of hydrogen-bond donors (Lipinski definition) is 0. The number of nitrogens with zero attached hydrogens (tertiary/aromatic N) is 2. The third-order valence-electron chi connectivity index (χ3n) is 5.09. The molecule has 5 nitrogen and oxygen atoms in total. The summed E-state index contributed by atoms with van der Waals surface area (Å²) in [7, 11) is 0. The Balaban J connectivity index is 1.64. The Bertz CT molecular complexity index is 1070. The highest BCUT2D eigenvalue weighted by molar-refractivity contribution is 7.99. The van der Waals surface area contributed by atoms with Crippen molar-refractivity contribution >= 4 is 22.7 Å². The lowest BCUT2D eigenvalue weighted by atomic mass is 10.2. The maximum absolute atomic E-state index is 13.2. The fourth-order valence-electron chi connectivity index (χ4n) is 3.54. The van der Waals surface area contributed by atoms with Gasteiger partial charge in [-0.15, -0.1) is 0 Å². The monoisotopic (exact) mass is 432 g/mol. The first-order valence-corrected chi connectivity index (χ1v) is 10.7. The molecule has 1 saturated heterocycles. The Morgan fingerprint density at radius 1 is 1.23 bits per heavy atom. The van der Waals surface area contributed by atoms with Crippen LogP contribution in [0.15, 0.2) is 58.5 Å². The van der Waals surface area contributed by atoms with Crippen molar-refractivity contribution in [3.05, 3.63) is 64.4 Å². The summed E-state index contributed by atoms with van der Waals surface area (Å²) in [5, 5.41) is 1.16. The number of hydrogen-bond acceptors (Lipinski definition) is 5. The topological polar surface area (TPSA) is 53.4 Å². The van der Waals surface area contributed by atoms with E-state index in [-0.39, 0.29) is 22.7 Å². The van der Waals surface area contributed by atoms with Crippen molar-refractivity contribution in [2.45, 2.75) is 49.4 Å². The zero-order valence-electron chi connectivity index (χ0n) is 16.5. The number of fused-ring (bicyclic) bond motifs is 1. The van der Waals surface area contributed by atoms with Gasteiger partial charge in [0.05, 0.1) is 23.6 Å². The summed E-state index contributed by atoms with van der Waals surface area (Å²) in [6, 6.07) is 13.9. The molecular formula is C22H22F2N2O3S. The molecule has 2 atom stereocenters. The molecular weight excluding hydrogens is 410 g/mol. The summed E-state index contributed by atoms with van der Waals surface area (Å²) in [4.78, 5) is 17.9. The third-order valence-corrected chi connectivity index (χ3v) is 6.24. The number of halogens is 2. The van der Waals surface area contributed by atoms with Gasteiger partial charge in [-0.05, 0) is 49.6 Å². The van der Waals surface area contributed by atoms with E-state index in [1.165, 1.54) is 23.9 Å². The van der Waals surface area contributed by atoms with Gasteiger partial charge in [-0.2, -0.15) is 8.78 Å². The van der Waals surface area contributed by atoms with E-state index in [1.807, 2.05) is 25.1 Å². The number of aromatic nitrogens is 2. The minimum Gasteiger partial charge on any atom is -0.435 e. The van der Waals surface area contributed by atoms with Gasteiger partial charge in [0.1, 0.15) is 5.75 Å². The second-order valence-electron chi connectivity index (χ2n) is 7.17. The van der Waals surface area contributed by atoms with E-state index in [0.717, 1.165) is 18.4 Å². The predicted molar refractivity (Wildman–Crippen MR) is 112 cm³/mol. The molecule has 0 N–H and O–H groups in total. The van der Waals surface area contributed by atoms with E-state index < -0.39 is 6.61 Å². The Morgan fingerprint density at radius 3 is 2.70 bits per heavy atom.